The molecule has 3 atom stereocenters. The number of aromatic nitrogens is 10. The minimum absolute atomic E-state index is 0.0480. The summed E-state index contributed by atoms with van der Waals surface area (Å²) in [5, 5.41) is 47.7. The number of carbonyl (C=O) groups excluding carboxylic acids is 2. The maximum absolute atomic E-state index is 13.6. The number of nitrogens with two attached hydrogens (primary N) is 1. The van der Waals surface area contributed by atoms with Gasteiger partial charge in [0.25, 0.3) is 11.8 Å². The molecular weight excluding hydrogens is 925 g/mol. The largest absolute Gasteiger partial charge is 0.493 e. The SMILES string of the molecule is O=C(NC1CC[NH2+]CC1)c1cc(-c2cc(=NC3CC3)n3ncc(=Cc4[nH]c(=O)n(C5CC5N=c5cc(-c6csc(C(=O)NC7CCNC7)c6)nc6c(=Cc7[nH]c(=O)[nH]c7O)cnn56)c4O)c3n2)cs1. The molecule has 12 rings (SSSR count). The average Bonchev–Trinajstić information content (AvgIpc) is 3.80. The summed E-state index contributed by atoms with van der Waals surface area (Å²) >= 11 is 2.66. The third-order valence-corrected chi connectivity index (χ3v) is 14.7. The van der Waals surface area contributed by atoms with Crippen LogP contribution in [0.2, 0.25) is 0 Å². The highest BCUT2D eigenvalue weighted by Gasteiger charge is 2.42. The Morgan fingerprint density at radius 3 is 1.99 bits per heavy atom. The number of nitrogens with zero attached hydrogens (tertiary/aromatic N) is 9. The lowest BCUT2D eigenvalue weighted by atomic mass is 10.1. The highest BCUT2D eigenvalue weighted by molar-refractivity contribution is 7.12. The summed E-state index contributed by atoms with van der Waals surface area (Å²) in [6, 6.07) is 6.67. The molecule has 352 valence electrons. The van der Waals surface area contributed by atoms with E-state index in [0.717, 1.165) is 57.3 Å². The van der Waals surface area contributed by atoms with Crippen molar-refractivity contribution in [2.45, 2.75) is 68.7 Å². The number of H-pyrrole nitrogens is 3. The number of imidazole rings is 2. The van der Waals surface area contributed by atoms with Gasteiger partial charge < -0.3 is 41.4 Å². The van der Waals surface area contributed by atoms with E-state index in [9.17, 15) is 29.4 Å². The molecular formula is C45H45N16O6S2+. The molecule has 69 heavy (non-hydrogen) atoms. The molecule has 2 aliphatic heterocycles. The second-order valence-electron chi connectivity index (χ2n) is 17.9. The molecule has 4 fully saturated rings. The van der Waals surface area contributed by atoms with Gasteiger partial charge in [-0.2, -0.15) is 19.2 Å². The molecule has 10 heterocycles. The minimum Gasteiger partial charge on any atom is -0.493 e. The van der Waals surface area contributed by atoms with E-state index in [0.29, 0.717) is 72.4 Å². The predicted octanol–water partition coefficient (Wildman–Crippen LogP) is -1.23. The maximum atomic E-state index is 13.6. The van der Waals surface area contributed by atoms with Crippen LogP contribution in [0.1, 0.15) is 75.3 Å². The highest BCUT2D eigenvalue weighted by atomic mass is 32.1. The molecule has 0 radical (unpaired) electrons. The second kappa shape index (κ2) is 17.2. The number of piperidine rings is 1. The molecule has 24 heteroatoms. The summed E-state index contributed by atoms with van der Waals surface area (Å²) in [5.74, 6) is -0.899. The Hall–Kier alpha value is -7.54. The lowest BCUT2D eigenvalue weighted by Crippen LogP contribution is -2.87. The molecule has 8 aromatic rings. The lowest BCUT2D eigenvalue weighted by molar-refractivity contribution is -0.663. The molecule has 8 aromatic heterocycles. The molecule has 0 spiro atoms. The van der Waals surface area contributed by atoms with Crippen LogP contribution >= 0.6 is 22.7 Å². The van der Waals surface area contributed by atoms with Crippen LogP contribution in [0.3, 0.4) is 0 Å². The molecule has 10 N–H and O–H groups in total. The Morgan fingerprint density at radius 2 is 1.39 bits per heavy atom. The van der Waals surface area contributed by atoms with Gasteiger partial charge in [0.1, 0.15) is 11.4 Å². The zero-order valence-corrected chi connectivity index (χ0v) is 38.3. The number of amides is 2. The summed E-state index contributed by atoms with van der Waals surface area (Å²) < 4.78 is 4.47. The van der Waals surface area contributed by atoms with Gasteiger partial charge in [0.2, 0.25) is 11.8 Å². The smallest absolute Gasteiger partial charge is 0.329 e. The molecule has 2 saturated carbocycles. The van der Waals surface area contributed by atoms with E-state index in [1.807, 2.05) is 22.9 Å². The lowest BCUT2D eigenvalue weighted by Gasteiger charge is -2.21. The van der Waals surface area contributed by atoms with Crippen LogP contribution in [0.4, 0.5) is 0 Å². The van der Waals surface area contributed by atoms with Gasteiger partial charge in [-0.1, -0.05) is 0 Å². The van der Waals surface area contributed by atoms with Crippen molar-refractivity contribution in [3.05, 3.63) is 111 Å². The number of fused-ring (bicyclic) bond motifs is 2. The summed E-state index contributed by atoms with van der Waals surface area (Å²) in [6.07, 6.45) is 11.4. The van der Waals surface area contributed by atoms with Crippen molar-refractivity contribution in [2.24, 2.45) is 9.98 Å². The van der Waals surface area contributed by atoms with Crippen LogP contribution in [0, 0.1) is 0 Å². The van der Waals surface area contributed by atoms with Crippen molar-refractivity contribution in [1.29, 1.82) is 0 Å². The predicted molar refractivity (Wildman–Crippen MR) is 252 cm³/mol. The Balaban J connectivity index is 0.872. The number of aromatic amines is 3. The number of aromatic hydroxyl groups is 2. The van der Waals surface area contributed by atoms with E-state index in [1.165, 1.54) is 44.0 Å². The van der Waals surface area contributed by atoms with E-state index in [-0.39, 0.29) is 53.1 Å². The van der Waals surface area contributed by atoms with E-state index in [4.69, 9.17) is 20.0 Å². The maximum Gasteiger partial charge on any atom is 0.329 e. The van der Waals surface area contributed by atoms with Crippen LogP contribution in [0.5, 0.6) is 11.8 Å². The summed E-state index contributed by atoms with van der Waals surface area (Å²) in [4.78, 5) is 80.6. The van der Waals surface area contributed by atoms with Gasteiger partial charge in [-0.15, -0.1) is 22.7 Å². The molecule has 2 saturated heterocycles. The van der Waals surface area contributed by atoms with Crippen LogP contribution in [0.25, 0.3) is 46.0 Å². The second-order valence-corrected chi connectivity index (χ2v) is 19.7. The first-order valence-corrected chi connectivity index (χ1v) is 24.6. The van der Waals surface area contributed by atoms with Crippen LogP contribution in [0.15, 0.2) is 67.0 Å². The minimum atomic E-state index is -0.585. The molecule has 2 aliphatic carbocycles. The first-order valence-electron chi connectivity index (χ1n) is 22.8. The van der Waals surface area contributed by atoms with Crippen molar-refractivity contribution < 1.29 is 25.1 Å². The Bertz CT molecular complexity index is 3730. The molecule has 0 bridgehead atoms. The number of hydrogen-bond acceptors (Lipinski definition) is 15. The van der Waals surface area contributed by atoms with Crippen LogP contribution in [-0.4, -0.2) is 121 Å². The summed E-state index contributed by atoms with van der Waals surface area (Å²) in [7, 11) is 0. The van der Waals surface area contributed by atoms with E-state index in [1.54, 1.807) is 28.9 Å². The molecule has 4 aliphatic rings. The van der Waals surface area contributed by atoms with Gasteiger partial charge >= 0.3 is 11.4 Å². The van der Waals surface area contributed by atoms with E-state index < -0.39 is 23.5 Å². The number of carbonyl (C=O) groups is 2. The molecule has 22 nitrogen and oxygen atoms in total. The topological polar surface area (TPSA) is 299 Å². The zero-order chi connectivity index (χ0) is 46.9. The molecule has 0 aromatic carbocycles. The first-order chi connectivity index (χ1) is 33.6. The fraction of sp³-hybridized carbons (Fsp3) is 0.333. The summed E-state index contributed by atoms with van der Waals surface area (Å²) in [5.41, 5.74) is 3.56. The van der Waals surface area contributed by atoms with Gasteiger partial charge in [-0.25, -0.2) is 19.6 Å². The van der Waals surface area contributed by atoms with Crippen molar-refractivity contribution in [3.63, 3.8) is 0 Å². The van der Waals surface area contributed by atoms with Crippen molar-refractivity contribution in [2.75, 3.05) is 26.2 Å². The third-order valence-electron chi connectivity index (χ3n) is 12.8. The quantitative estimate of drug-likeness (QED) is 0.0740. The number of rotatable bonds is 11. The van der Waals surface area contributed by atoms with Crippen molar-refractivity contribution >= 4 is 57.9 Å². The van der Waals surface area contributed by atoms with Gasteiger partial charge in [0.05, 0.1) is 64.8 Å². The van der Waals surface area contributed by atoms with Crippen molar-refractivity contribution in [3.8, 4) is 34.3 Å². The van der Waals surface area contributed by atoms with E-state index in [2.05, 4.69) is 46.4 Å². The van der Waals surface area contributed by atoms with Gasteiger partial charge in [-0.05, 0) is 56.5 Å². The van der Waals surface area contributed by atoms with Gasteiger partial charge in [-0.3, -0.25) is 29.1 Å². The Kier molecular flexibility index (Phi) is 10.7. The fourth-order valence-corrected chi connectivity index (χ4v) is 10.6. The number of quaternary nitrogens is 1. The van der Waals surface area contributed by atoms with E-state index >= 15 is 0 Å². The third kappa shape index (κ3) is 8.44. The summed E-state index contributed by atoms with van der Waals surface area (Å²) in [6.45, 7) is 3.55. The number of thiophene rings is 2. The highest BCUT2D eigenvalue weighted by Crippen LogP contribution is 2.40. The van der Waals surface area contributed by atoms with Gasteiger partial charge in [0, 0.05) is 75.9 Å². The standard InChI is InChI=1S/C45H44N16O6S2/c62-40-31(56-44(66)58-40)9-21-16-49-61-37(15-29(55-38(21)61)24-12-35(69-20-24)42(64)52-27-5-8-47-18-27)53-30-13-33(30)59-43(65)32(57-45(59)67)10-22-17-48-60-36(50-25-1-2-25)14-28(54-39(22)60)23-11-34(68-19-23)41(63)51-26-3-6-46-7-4-26/h9-12,14-17,19-20,25-27,30,33,46-47,62,65H,1-8,13,18H2,(H,51,63)(H,52,64)(H,57,67)(H2,56,58,66)/p+1. The van der Waals surface area contributed by atoms with Gasteiger partial charge in [0.15, 0.2) is 22.3 Å². The normalized spacial score (nSPS) is 20.8. The molecule has 2 amide bonds. The number of hydrogen-bond donors (Lipinski definition) is 9. The Morgan fingerprint density at radius 1 is 0.768 bits per heavy atom. The monoisotopic (exact) mass is 969 g/mol. The fourth-order valence-electron chi connectivity index (χ4n) is 8.97. The number of nitrogens with one attached hydrogen (secondary N) is 6. The molecule has 3 unspecified atom stereocenters. The zero-order valence-electron chi connectivity index (χ0n) is 36.7. The van der Waals surface area contributed by atoms with Crippen LogP contribution < -0.4 is 54.1 Å². The first kappa shape index (κ1) is 42.8. The average molecular weight is 970 g/mol. The Labute approximate surface area is 396 Å². The van der Waals surface area contributed by atoms with Crippen molar-refractivity contribution in [1.82, 2.24) is 64.7 Å². The van der Waals surface area contributed by atoms with Crippen LogP contribution in [-0.2, 0) is 0 Å².